The molecule has 0 unspecified atom stereocenters. The SMILES string of the molecule is Cc1sc(C(=O)O)cc1S(=O)(=O)Nc1ccnn1C. The number of hydrogen-bond donors (Lipinski definition) is 2. The zero-order chi connectivity index (χ0) is 14.2. The molecule has 0 atom stereocenters. The van der Waals surface area contributed by atoms with Gasteiger partial charge in [-0.2, -0.15) is 5.10 Å². The van der Waals surface area contributed by atoms with Crippen LogP contribution in [-0.4, -0.2) is 29.3 Å². The van der Waals surface area contributed by atoms with Crippen LogP contribution in [0.15, 0.2) is 23.2 Å². The lowest BCUT2D eigenvalue weighted by atomic mass is 10.4. The summed E-state index contributed by atoms with van der Waals surface area (Å²) in [5.41, 5.74) is 0. The number of carboxylic acids is 1. The number of carbonyl (C=O) groups is 1. The molecule has 2 aromatic rings. The fourth-order valence-corrected chi connectivity index (χ4v) is 4.02. The lowest BCUT2D eigenvalue weighted by Gasteiger charge is -2.07. The highest BCUT2D eigenvalue weighted by molar-refractivity contribution is 7.93. The summed E-state index contributed by atoms with van der Waals surface area (Å²) in [6.45, 7) is 1.56. The van der Waals surface area contributed by atoms with Crippen LogP contribution in [0, 0.1) is 6.92 Å². The quantitative estimate of drug-likeness (QED) is 0.886. The maximum Gasteiger partial charge on any atom is 0.345 e. The Morgan fingerprint density at radius 2 is 2.21 bits per heavy atom. The Morgan fingerprint density at radius 3 is 2.68 bits per heavy atom. The molecule has 2 N–H and O–H groups in total. The van der Waals surface area contributed by atoms with E-state index in [9.17, 15) is 13.2 Å². The summed E-state index contributed by atoms with van der Waals surface area (Å²) in [7, 11) is -2.21. The number of carboxylic acid groups (broad SMARTS) is 1. The van der Waals surface area contributed by atoms with Crippen molar-refractivity contribution in [2.45, 2.75) is 11.8 Å². The first-order valence-corrected chi connectivity index (χ1v) is 7.46. The first-order valence-electron chi connectivity index (χ1n) is 5.16. The van der Waals surface area contributed by atoms with Crippen molar-refractivity contribution in [3.8, 4) is 0 Å². The first-order chi connectivity index (χ1) is 8.81. The highest BCUT2D eigenvalue weighted by Gasteiger charge is 2.23. The molecule has 0 aromatic carbocycles. The molecule has 19 heavy (non-hydrogen) atoms. The van der Waals surface area contributed by atoms with Gasteiger partial charge in [0.05, 0.1) is 6.20 Å². The summed E-state index contributed by atoms with van der Waals surface area (Å²) in [5, 5.41) is 12.7. The minimum absolute atomic E-state index is 0.0112. The third-order valence-corrected chi connectivity index (χ3v) is 5.08. The molecule has 0 bridgehead atoms. The number of rotatable bonds is 4. The molecule has 2 heterocycles. The molecule has 0 aliphatic rings. The van der Waals surface area contributed by atoms with Gasteiger partial charge in [-0.25, -0.2) is 13.2 Å². The van der Waals surface area contributed by atoms with Crippen molar-refractivity contribution in [3.63, 3.8) is 0 Å². The Hall–Kier alpha value is -1.87. The average Bonchev–Trinajstić information content (AvgIpc) is 2.86. The number of nitrogens with zero attached hydrogens (tertiary/aromatic N) is 2. The molecule has 2 aromatic heterocycles. The van der Waals surface area contributed by atoms with Crippen LogP contribution in [0.4, 0.5) is 5.82 Å². The number of aromatic nitrogens is 2. The maximum atomic E-state index is 12.2. The van der Waals surface area contributed by atoms with Crippen LogP contribution < -0.4 is 4.72 Å². The predicted molar refractivity (Wildman–Crippen MR) is 70.0 cm³/mol. The highest BCUT2D eigenvalue weighted by Crippen LogP contribution is 2.27. The van der Waals surface area contributed by atoms with E-state index >= 15 is 0 Å². The van der Waals surface area contributed by atoms with Gasteiger partial charge in [0.2, 0.25) is 0 Å². The van der Waals surface area contributed by atoms with Crippen LogP contribution in [0.5, 0.6) is 0 Å². The van der Waals surface area contributed by atoms with E-state index in [0.29, 0.717) is 10.7 Å². The van der Waals surface area contributed by atoms with Crippen molar-refractivity contribution in [1.29, 1.82) is 0 Å². The van der Waals surface area contributed by atoms with Crippen LogP contribution in [0.25, 0.3) is 0 Å². The van der Waals surface area contributed by atoms with E-state index in [4.69, 9.17) is 5.11 Å². The lowest BCUT2D eigenvalue weighted by Crippen LogP contribution is -2.15. The van der Waals surface area contributed by atoms with Gasteiger partial charge in [0.1, 0.15) is 15.6 Å². The van der Waals surface area contributed by atoms with Crippen molar-refractivity contribution in [2.75, 3.05) is 4.72 Å². The van der Waals surface area contributed by atoms with Gasteiger partial charge in [0.15, 0.2) is 0 Å². The fraction of sp³-hybridized carbons (Fsp3) is 0.200. The van der Waals surface area contributed by atoms with Crippen molar-refractivity contribution in [3.05, 3.63) is 28.1 Å². The summed E-state index contributed by atoms with van der Waals surface area (Å²) < 4.78 is 28.1. The van der Waals surface area contributed by atoms with Gasteiger partial charge in [-0.15, -0.1) is 11.3 Å². The minimum Gasteiger partial charge on any atom is -0.477 e. The molecular formula is C10H11N3O4S2. The standard InChI is InChI=1S/C10H11N3O4S2/c1-6-8(5-7(18-6)10(14)15)19(16,17)12-9-3-4-11-13(9)2/h3-5,12H,1-2H3,(H,14,15). The van der Waals surface area contributed by atoms with Gasteiger partial charge in [0, 0.05) is 18.0 Å². The summed E-state index contributed by atoms with van der Waals surface area (Å²) in [6.07, 6.45) is 1.46. The van der Waals surface area contributed by atoms with E-state index in [1.54, 1.807) is 14.0 Å². The van der Waals surface area contributed by atoms with Crippen LogP contribution in [0.1, 0.15) is 14.5 Å². The molecule has 0 fully saturated rings. The third kappa shape index (κ3) is 2.61. The van der Waals surface area contributed by atoms with Gasteiger partial charge < -0.3 is 5.11 Å². The monoisotopic (exact) mass is 301 g/mol. The van der Waals surface area contributed by atoms with Gasteiger partial charge >= 0.3 is 5.97 Å². The van der Waals surface area contributed by atoms with E-state index in [0.717, 1.165) is 17.4 Å². The van der Waals surface area contributed by atoms with Crippen molar-refractivity contribution < 1.29 is 18.3 Å². The normalized spacial score (nSPS) is 11.5. The second kappa shape index (κ2) is 4.67. The minimum atomic E-state index is -3.81. The summed E-state index contributed by atoms with van der Waals surface area (Å²) in [5.74, 6) is -0.836. The largest absolute Gasteiger partial charge is 0.477 e. The van der Waals surface area contributed by atoms with Crippen LogP contribution in [-0.2, 0) is 17.1 Å². The van der Waals surface area contributed by atoms with E-state index in [1.807, 2.05) is 0 Å². The van der Waals surface area contributed by atoms with Gasteiger partial charge in [-0.3, -0.25) is 9.40 Å². The summed E-state index contributed by atoms with van der Waals surface area (Å²) in [6, 6.07) is 2.67. The molecule has 7 nitrogen and oxygen atoms in total. The summed E-state index contributed by atoms with van der Waals surface area (Å²) >= 11 is 0.925. The second-order valence-electron chi connectivity index (χ2n) is 3.78. The summed E-state index contributed by atoms with van der Waals surface area (Å²) in [4.78, 5) is 11.2. The Bertz CT molecular complexity index is 730. The molecule has 0 saturated heterocycles. The molecule has 0 aliphatic carbocycles. The number of nitrogens with one attached hydrogen (secondary N) is 1. The van der Waals surface area contributed by atoms with E-state index in [-0.39, 0.29) is 9.77 Å². The predicted octanol–water partition coefficient (Wildman–Crippen LogP) is 1.29. The average molecular weight is 301 g/mol. The Morgan fingerprint density at radius 1 is 1.53 bits per heavy atom. The number of sulfonamides is 1. The number of hydrogen-bond acceptors (Lipinski definition) is 5. The maximum absolute atomic E-state index is 12.2. The van der Waals surface area contributed by atoms with Gasteiger partial charge in [-0.05, 0) is 13.0 Å². The Kier molecular flexibility index (Phi) is 3.33. The van der Waals surface area contributed by atoms with E-state index in [1.165, 1.54) is 16.9 Å². The van der Waals surface area contributed by atoms with Crippen LogP contribution in [0.3, 0.4) is 0 Å². The topological polar surface area (TPSA) is 101 Å². The molecule has 2 rings (SSSR count). The van der Waals surface area contributed by atoms with E-state index < -0.39 is 16.0 Å². The number of aromatic carboxylic acids is 1. The molecule has 0 radical (unpaired) electrons. The number of aryl methyl sites for hydroxylation is 2. The number of anilines is 1. The van der Waals surface area contributed by atoms with Crippen LogP contribution >= 0.6 is 11.3 Å². The first kappa shape index (κ1) is 13.6. The molecule has 0 amide bonds. The molecule has 0 aliphatic heterocycles. The van der Waals surface area contributed by atoms with Crippen LogP contribution in [0.2, 0.25) is 0 Å². The Labute approximate surface area is 113 Å². The smallest absolute Gasteiger partial charge is 0.345 e. The second-order valence-corrected chi connectivity index (χ2v) is 6.69. The molecule has 9 heteroatoms. The Balaban J connectivity index is 2.40. The lowest BCUT2D eigenvalue weighted by molar-refractivity contribution is 0.0702. The fourth-order valence-electron chi connectivity index (χ4n) is 1.50. The van der Waals surface area contributed by atoms with Crippen molar-refractivity contribution in [1.82, 2.24) is 9.78 Å². The third-order valence-electron chi connectivity index (χ3n) is 2.43. The molecular weight excluding hydrogens is 290 g/mol. The van der Waals surface area contributed by atoms with Gasteiger partial charge in [0.25, 0.3) is 10.0 Å². The molecule has 0 saturated carbocycles. The molecule has 0 spiro atoms. The molecule has 102 valence electrons. The zero-order valence-corrected chi connectivity index (χ0v) is 11.7. The number of thiophene rings is 1. The van der Waals surface area contributed by atoms with Gasteiger partial charge in [-0.1, -0.05) is 0 Å². The zero-order valence-electron chi connectivity index (χ0n) is 10.1. The van der Waals surface area contributed by atoms with Crippen molar-refractivity contribution >= 4 is 33.1 Å². The van der Waals surface area contributed by atoms with E-state index in [2.05, 4.69) is 9.82 Å². The highest BCUT2D eigenvalue weighted by atomic mass is 32.2. The van der Waals surface area contributed by atoms with Crippen molar-refractivity contribution in [2.24, 2.45) is 7.05 Å².